The number of hydrogen-bond acceptors (Lipinski definition) is 4. The van der Waals surface area contributed by atoms with Crippen molar-refractivity contribution in [3.63, 3.8) is 0 Å². The lowest BCUT2D eigenvalue weighted by Gasteiger charge is -2.32. The summed E-state index contributed by atoms with van der Waals surface area (Å²) >= 11 is 0. The van der Waals surface area contributed by atoms with E-state index in [2.05, 4.69) is 5.32 Å². The lowest BCUT2D eigenvalue weighted by atomic mass is 9.78. The lowest BCUT2D eigenvalue weighted by molar-refractivity contribution is -0.127. The molecular formula is C29H31BN2O4. The van der Waals surface area contributed by atoms with Gasteiger partial charge in [0, 0.05) is 6.42 Å². The third kappa shape index (κ3) is 4.23. The Morgan fingerprint density at radius 1 is 0.861 bits per heavy atom. The van der Waals surface area contributed by atoms with Crippen LogP contribution in [0.1, 0.15) is 50.3 Å². The SMILES string of the molecule is CC1(C)OB(c2ccc(C[C@H](NC(=O)C3c4ccccc4-c4ccccc43)C(N)=O)cc2)OC1(C)C. The van der Waals surface area contributed by atoms with Gasteiger partial charge in [-0.15, -0.1) is 0 Å². The van der Waals surface area contributed by atoms with E-state index in [1.165, 1.54) is 0 Å². The summed E-state index contributed by atoms with van der Waals surface area (Å²) < 4.78 is 12.2. The van der Waals surface area contributed by atoms with Gasteiger partial charge >= 0.3 is 7.12 Å². The number of nitrogens with two attached hydrogens (primary N) is 1. The van der Waals surface area contributed by atoms with Crippen molar-refractivity contribution >= 4 is 24.4 Å². The predicted molar refractivity (Wildman–Crippen MR) is 141 cm³/mol. The molecule has 6 nitrogen and oxygen atoms in total. The highest BCUT2D eigenvalue weighted by molar-refractivity contribution is 6.62. The third-order valence-corrected chi connectivity index (χ3v) is 7.70. The molecule has 1 aliphatic heterocycles. The first-order valence-electron chi connectivity index (χ1n) is 12.3. The van der Waals surface area contributed by atoms with Gasteiger partial charge < -0.3 is 20.4 Å². The van der Waals surface area contributed by atoms with Crippen LogP contribution < -0.4 is 16.5 Å². The maximum Gasteiger partial charge on any atom is 0.494 e. The molecule has 1 saturated heterocycles. The topological polar surface area (TPSA) is 90.6 Å². The number of carbonyl (C=O) groups is 2. The molecule has 0 unspecified atom stereocenters. The number of hydrogen-bond donors (Lipinski definition) is 2. The van der Waals surface area contributed by atoms with Gasteiger partial charge in [0.15, 0.2) is 0 Å². The van der Waals surface area contributed by atoms with Crippen LogP contribution in [0.5, 0.6) is 0 Å². The van der Waals surface area contributed by atoms with E-state index < -0.39 is 36.2 Å². The Balaban J connectivity index is 1.32. The van der Waals surface area contributed by atoms with E-state index in [-0.39, 0.29) is 5.91 Å². The fraction of sp³-hybridized carbons (Fsp3) is 0.310. The van der Waals surface area contributed by atoms with Crippen molar-refractivity contribution in [2.75, 3.05) is 0 Å². The molecule has 1 atom stereocenters. The third-order valence-electron chi connectivity index (χ3n) is 7.70. The van der Waals surface area contributed by atoms with Crippen LogP contribution in [0.2, 0.25) is 0 Å². The predicted octanol–water partition coefficient (Wildman–Crippen LogP) is 3.31. The number of rotatable bonds is 6. The first kappa shape index (κ1) is 24.3. The normalized spacial score (nSPS) is 18.4. The van der Waals surface area contributed by atoms with E-state index in [4.69, 9.17) is 15.0 Å². The molecule has 2 aliphatic rings. The number of primary amides is 1. The molecule has 1 fully saturated rings. The molecule has 0 aromatic heterocycles. The van der Waals surface area contributed by atoms with Gasteiger partial charge in [0.05, 0.1) is 17.1 Å². The summed E-state index contributed by atoms with van der Waals surface area (Å²) in [5, 5.41) is 2.92. The molecule has 3 N–H and O–H groups in total. The minimum Gasteiger partial charge on any atom is -0.399 e. The Kier molecular flexibility index (Phi) is 6.01. The molecular weight excluding hydrogens is 451 g/mol. The highest BCUT2D eigenvalue weighted by Gasteiger charge is 2.51. The molecule has 1 aliphatic carbocycles. The molecule has 36 heavy (non-hydrogen) atoms. The van der Waals surface area contributed by atoms with Gasteiger partial charge in [-0.1, -0.05) is 72.8 Å². The Hall–Kier alpha value is -3.42. The fourth-order valence-electron chi connectivity index (χ4n) is 4.94. The number of carbonyl (C=O) groups excluding carboxylic acids is 2. The molecule has 2 amide bonds. The molecule has 5 rings (SSSR count). The van der Waals surface area contributed by atoms with Crippen LogP contribution >= 0.6 is 0 Å². The Morgan fingerprint density at radius 3 is 1.86 bits per heavy atom. The molecule has 0 radical (unpaired) electrons. The number of nitrogens with one attached hydrogen (secondary N) is 1. The van der Waals surface area contributed by atoms with Crippen LogP contribution in [0.25, 0.3) is 11.1 Å². The maximum atomic E-state index is 13.5. The Labute approximate surface area is 212 Å². The van der Waals surface area contributed by atoms with Crippen molar-refractivity contribution in [1.29, 1.82) is 0 Å². The lowest BCUT2D eigenvalue weighted by Crippen LogP contribution is -2.47. The zero-order valence-corrected chi connectivity index (χ0v) is 21.1. The van der Waals surface area contributed by atoms with E-state index in [9.17, 15) is 9.59 Å². The van der Waals surface area contributed by atoms with Gasteiger partial charge in [0.1, 0.15) is 6.04 Å². The van der Waals surface area contributed by atoms with Crippen LogP contribution in [0, 0.1) is 0 Å². The van der Waals surface area contributed by atoms with Gasteiger partial charge in [-0.05, 0) is 61.0 Å². The van der Waals surface area contributed by atoms with Gasteiger partial charge in [-0.25, -0.2) is 0 Å². The first-order valence-corrected chi connectivity index (χ1v) is 12.3. The fourth-order valence-corrected chi connectivity index (χ4v) is 4.94. The van der Waals surface area contributed by atoms with Gasteiger partial charge in [-0.3, -0.25) is 9.59 Å². The molecule has 0 saturated carbocycles. The van der Waals surface area contributed by atoms with Gasteiger partial charge in [0.25, 0.3) is 0 Å². The summed E-state index contributed by atoms with van der Waals surface area (Å²) in [6.45, 7) is 8.07. The number of fused-ring (bicyclic) bond motifs is 3. The summed E-state index contributed by atoms with van der Waals surface area (Å²) in [6, 6.07) is 22.6. The average molecular weight is 482 g/mol. The van der Waals surface area contributed by atoms with Crippen molar-refractivity contribution in [2.24, 2.45) is 5.73 Å². The molecule has 3 aromatic rings. The summed E-state index contributed by atoms with van der Waals surface area (Å²) in [7, 11) is -0.460. The van der Waals surface area contributed by atoms with Crippen molar-refractivity contribution in [2.45, 2.75) is 57.3 Å². The highest BCUT2D eigenvalue weighted by Crippen LogP contribution is 2.44. The molecule has 7 heteroatoms. The second kappa shape index (κ2) is 8.91. The minimum absolute atomic E-state index is 0.231. The standard InChI is InChI=1S/C29H31BN2O4/c1-28(2)29(3,4)36-30(35-28)19-15-13-18(14-16-19)17-24(26(31)33)32-27(34)25-22-11-7-5-9-20(22)21-10-6-8-12-23(21)25/h5-16,24-25H,17H2,1-4H3,(H2,31,33)(H,32,34)/t24-/m0/s1. The smallest absolute Gasteiger partial charge is 0.399 e. The average Bonchev–Trinajstić information content (AvgIpc) is 3.29. The second-order valence-electron chi connectivity index (χ2n) is 10.6. The van der Waals surface area contributed by atoms with Crippen LogP contribution in [0.15, 0.2) is 72.8 Å². The quantitative estimate of drug-likeness (QED) is 0.528. The molecule has 184 valence electrons. The van der Waals surface area contributed by atoms with Gasteiger partial charge in [0.2, 0.25) is 11.8 Å². The summed E-state index contributed by atoms with van der Waals surface area (Å²) in [4.78, 5) is 25.8. The molecule has 0 bridgehead atoms. The van der Waals surface area contributed by atoms with E-state index >= 15 is 0 Å². The van der Waals surface area contributed by atoms with Crippen molar-refractivity contribution < 1.29 is 18.9 Å². The zero-order chi connectivity index (χ0) is 25.7. The van der Waals surface area contributed by atoms with Crippen LogP contribution in [-0.4, -0.2) is 36.2 Å². The number of benzene rings is 3. The van der Waals surface area contributed by atoms with Gasteiger partial charge in [-0.2, -0.15) is 0 Å². The van der Waals surface area contributed by atoms with Crippen molar-refractivity contribution in [3.05, 3.63) is 89.5 Å². The number of amides is 2. The van der Waals surface area contributed by atoms with Crippen molar-refractivity contribution in [1.82, 2.24) is 5.32 Å². The Morgan fingerprint density at radius 2 is 1.36 bits per heavy atom. The molecule has 0 spiro atoms. The second-order valence-corrected chi connectivity index (χ2v) is 10.6. The van der Waals surface area contributed by atoms with Crippen LogP contribution in [-0.2, 0) is 25.3 Å². The zero-order valence-electron chi connectivity index (χ0n) is 21.1. The monoisotopic (exact) mass is 482 g/mol. The van der Waals surface area contributed by atoms with Crippen molar-refractivity contribution in [3.8, 4) is 11.1 Å². The van der Waals surface area contributed by atoms with E-state index in [1.54, 1.807) is 0 Å². The van der Waals surface area contributed by atoms with Crippen LogP contribution in [0.4, 0.5) is 0 Å². The molecule has 3 aromatic carbocycles. The minimum atomic E-state index is -0.833. The largest absolute Gasteiger partial charge is 0.494 e. The van der Waals surface area contributed by atoms with E-state index in [0.717, 1.165) is 33.3 Å². The first-order chi connectivity index (χ1) is 17.1. The highest BCUT2D eigenvalue weighted by atomic mass is 16.7. The maximum absolute atomic E-state index is 13.5. The van der Waals surface area contributed by atoms with Crippen LogP contribution in [0.3, 0.4) is 0 Å². The summed E-state index contributed by atoms with van der Waals surface area (Å²) in [5.41, 5.74) is 10.6. The molecule has 1 heterocycles. The Bertz CT molecular complexity index is 1260. The van der Waals surface area contributed by atoms with E-state index in [0.29, 0.717) is 6.42 Å². The van der Waals surface area contributed by atoms with E-state index in [1.807, 2.05) is 100 Å². The summed E-state index contributed by atoms with van der Waals surface area (Å²) in [6.07, 6.45) is 0.292. The summed E-state index contributed by atoms with van der Waals surface area (Å²) in [5.74, 6) is -1.28.